The molecular weight excluding hydrogens is 452 g/mol. The topological polar surface area (TPSA) is 102 Å². The predicted octanol–water partition coefficient (Wildman–Crippen LogP) is 4.12. The molecule has 3 aromatic rings. The Kier molecular flexibility index (Phi) is 8.20. The van der Waals surface area contributed by atoms with E-state index in [9.17, 15) is 18.0 Å². The summed E-state index contributed by atoms with van der Waals surface area (Å²) in [7, 11) is -4.01. The summed E-state index contributed by atoms with van der Waals surface area (Å²) in [6, 6.07) is 19.1. The molecule has 3 aromatic carbocycles. The summed E-state index contributed by atoms with van der Waals surface area (Å²) in [5.74, 6) is -0.0651. The number of hydrogen-bond donors (Lipinski definition) is 2. The third-order valence-electron chi connectivity index (χ3n) is 5.19. The molecule has 0 aliphatic heterocycles. The molecule has 0 saturated heterocycles. The average molecular weight is 481 g/mol. The van der Waals surface area contributed by atoms with Crippen molar-refractivity contribution in [1.29, 1.82) is 0 Å². The van der Waals surface area contributed by atoms with Crippen LogP contribution >= 0.6 is 0 Å². The van der Waals surface area contributed by atoms with E-state index in [4.69, 9.17) is 4.74 Å². The average Bonchev–Trinajstić information content (AvgIpc) is 2.80. The van der Waals surface area contributed by atoms with Gasteiger partial charge in [0.25, 0.3) is 0 Å². The Morgan fingerprint density at radius 2 is 1.71 bits per heavy atom. The third-order valence-corrected chi connectivity index (χ3v) is 6.66. The van der Waals surface area contributed by atoms with E-state index in [1.807, 2.05) is 37.3 Å². The first-order valence-electron chi connectivity index (χ1n) is 10.9. The van der Waals surface area contributed by atoms with Crippen molar-refractivity contribution >= 4 is 27.4 Å². The molecule has 0 aliphatic rings. The number of anilines is 1. The Hall–Kier alpha value is -3.49. The number of amides is 1. The third kappa shape index (κ3) is 6.52. The minimum absolute atomic E-state index is 0.0397. The van der Waals surface area contributed by atoms with Gasteiger partial charge in [-0.05, 0) is 68.7 Å². The molecule has 0 bridgehead atoms. The van der Waals surface area contributed by atoms with E-state index >= 15 is 0 Å². The second kappa shape index (κ2) is 11.1. The summed E-state index contributed by atoms with van der Waals surface area (Å²) in [5.41, 5.74) is 2.33. The van der Waals surface area contributed by atoms with Gasteiger partial charge in [-0.3, -0.25) is 9.59 Å². The minimum atomic E-state index is -4.01. The van der Waals surface area contributed by atoms with Crippen molar-refractivity contribution in [2.45, 2.75) is 38.1 Å². The molecule has 0 saturated carbocycles. The van der Waals surface area contributed by atoms with Crippen LogP contribution in [-0.2, 0) is 21.2 Å². The van der Waals surface area contributed by atoms with Gasteiger partial charge in [-0.15, -0.1) is 0 Å². The van der Waals surface area contributed by atoms with Gasteiger partial charge in [-0.2, -0.15) is 4.72 Å². The van der Waals surface area contributed by atoms with Crippen LogP contribution in [0, 0.1) is 6.92 Å². The van der Waals surface area contributed by atoms with Gasteiger partial charge in [0.15, 0.2) is 5.78 Å². The molecule has 0 radical (unpaired) electrons. The zero-order chi connectivity index (χ0) is 24.7. The van der Waals surface area contributed by atoms with Crippen molar-refractivity contribution in [1.82, 2.24) is 4.72 Å². The number of nitrogens with one attached hydrogen (secondary N) is 2. The first-order chi connectivity index (χ1) is 16.2. The quantitative estimate of drug-likeness (QED) is 0.425. The maximum absolute atomic E-state index is 13.2. The van der Waals surface area contributed by atoms with Crippen LogP contribution in [0.4, 0.5) is 5.69 Å². The fraction of sp³-hybridized carbons (Fsp3) is 0.231. The van der Waals surface area contributed by atoms with Gasteiger partial charge in [0.05, 0.1) is 11.5 Å². The van der Waals surface area contributed by atoms with Gasteiger partial charge in [0, 0.05) is 11.3 Å². The van der Waals surface area contributed by atoms with Crippen LogP contribution in [0.2, 0.25) is 0 Å². The lowest BCUT2D eigenvalue weighted by Gasteiger charge is -2.19. The lowest BCUT2D eigenvalue weighted by molar-refractivity contribution is -0.117. The molecule has 8 heteroatoms. The fourth-order valence-electron chi connectivity index (χ4n) is 3.44. The largest absolute Gasteiger partial charge is 0.494 e. The predicted molar refractivity (Wildman–Crippen MR) is 132 cm³/mol. The zero-order valence-corrected chi connectivity index (χ0v) is 20.2. The second-order valence-corrected chi connectivity index (χ2v) is 9.56. The number of ketones is 1. The molecule has 0 aromatic heterocycles. The second-order valence-electron chi connectivity index (χ2n) is 7.85. The van der Waals surface area contributed by atoms with Crippen molar-refractivity contribution in [2.24, 2.45) is 0 Å². The number of hydrogen-bond acceptors (Lipinski definition) is 5. The van der Waals surface area contributed by atoms with E-state index in [0.717, 1.165) is 5.56 Å². The summed E-state index contributed by atoms with van der Waals surface area (Å²) >= 11 is 0. The van der Waals surface area contributed by atoms with Gasteiger partial charge >= 0.3 is 0 Å². The summed E-state index contributed by atoms with van der Waals surface area (Å²) in [5, 5.41) is 2.73. The van der Waals surface area contributed by atoms with Crippen molar-refractivity contribution in [3.05, 3.63) is 89.5 Å². The number of rotatable bonds is 10. The minimum Gasteiger partial charge on any atom is -0.494 e. The van der Waals surface area contributed by atoms with Gasteiger partial charge in [0.1, 0.15) is 11.8 Å². The molecule has 0 spiro atoms. The van der Waals surface area contributed by atoms with Gasteiger partial charge < -0.3 is 10.1 Å². The molecule has 1 unspecified atom stereocenters. The maximum Gasteiger partial charge on any atom is 0.242 e. The highest BCUT2D eigenvalue weighted by molar-refractivity contribution is 7.89. The number of aryl methyl sites for hydroxylation is 1. The standard InChI is InChI=1S/C26H28N2O5S/c1-4-33-25-14-13-23(15-18(25)2)34(31,32)28-24(16-20-9-6-5-7-10-20)26(30)27-22-12-8-11-21(17-22)19(3)29/h5-15,17,24,28H,4,16H2,1-3H3,(H,27,30). The Morgan fingerprint density at radius 1 is 0.971 bits per heavy atom. The van der Waals surface area contributed by atoms with Crippen LogP contribution in [0.1, 0.15) is 35.3 Å². The maximum atomic E-state index is 13.2. The zero-order valence-electron chi connectivity index (χ0n) is 19.4. The van der Waals surface area contributed by atoms with E-state index in [-0.39, 0.29) is 17.1 Å². The van der Waals surface area contributed by atoms with E-state index in [1.54, 1.807) is 37.3 Å². The van der Waals surface area contributed by atoms with E-state index in [1.165, 1.54) is 19.1 Å². The van der Waals surface area contributed by atoms with Crippen LogP contribution < -0.4 is 14.8 Å². The molecule has 1 atom stereocenters. The number of carbonyl (C=O) groups excluding carboxylic acids is 2. The SMILES string of the molecule is CCOc1ccc(S(=O)(=O)NC(Cc2ccccc2)C(=O)Nc2cccc(C(C)=O)c2)cc1C. The Labute approximate surface area is 200 Å². The van der Waals surface area contributed by atoms with Crippen molar-refractivity contribution in [3.63, 3.8) is 0 Å². The van der Waals surface area contributed by atoms with Gasteiger partial charge in [0.2, 0.25) is 15.9 Å². The number of sulfonamides is 1. The van der Waals surface area contributed by atoms with Crippen LogP contribution in [0.25, 0.3) is 0 Å². The highest BCUT2D eigenvalue weighted by Gasteiger charge is 2.27. The van der Waals surface area contributed by atoms with Crippen LogP contribution in [-0.4, -0.2) is 32.8 Å². The van der Waals surface area contributed by atoms with Crippen molar-refractivity contribution in [2.75, 3.05) is 11.9 Å². The van der Waals surface area contributed by atoms with E-state index in [2.05, 4.69) is 10.0 Å². The molecule has 7 nitrogen and oxygen atoms in total. The van der Waals surface area contributed by atoms with Crippen molar-refractivity contribution in [3.8, 4) is 5.75 Å². The number of benzene rings is 3. The Morgan fingerprint density at radius 3 is 2.35 bits per heavy atom. The van der Waals surface area contributed by atoms with Crippen LogP contribution in [0.15, 0.2) is 77.7 Å². The molecule has 3 rings (SSSR count). The molecular formula is C26H28N2O5S. The normalized spacial score (nSPS) is 12.1. The van der Waals surface area contributed by atoms with Gasteiger partial charge in [-0.1, -0.05) is 42.5 Å². The van der Waals surface area contributed by atoms with Crippen LogP contribution in [0.5, 0.6) is 5.75 Å². The summed E-state index contributed by atoms with van der Waals surface area (Å²) < 4.78 is 34.4. The van der Waals surface area contributed by atoms with E-state index in [0.29, 0.717) is 29.2 Å². The number of carbonyl (C=O) groups is 2. The first kappa shape index (κ1) is 25.1. The lowest BCUT2D eigenvalue weighted by Crippen LogP contribution is -2.45. The summed E-state index contributed by atoms with van der Waals surface area (Å²) in [4.78, 5) is 24.9. The fourth-order valence-corrected chi connectivity index (χ4v) is 4.72. The molecule has 0 fully saturated rings. The van der Waals surface area contributed by atoms with E-state index < -0.39 is 22.0 Å². The van der Waals surface area contributed by atoms with Crippen molar-refractivity contribution < 1.29 is 22.7 Å². The molecule has 0 aliphatic carbocycles. The smallest absolute Gasteiger partial charge is 0.242 e. The first-order valence-corrected chi connectivity index (χ1v) is 12.4. The summed E-state index contributed by atoms with van der Waals surface area (Å²) in [6.07, 6.45) is 0.147. The highest BCUT2D eigenvalue weighted by Crippen LogP contribution is 2.22. The van der Waals surface area contributed by atoms with Gasteiger partial charge in [-0.25, -0.2) is 8.42 Å². The molecule has 2 N–H and O–H groups in total. The molecule has 1 amide bonds. The Balaban J connectivity index is 1.88. The molecule has 0 heterocycles. The lowest BCUT2D eigenvalue weighted by atomic mass is 10.1. The van der Waals surface area contributed by atoms with Crippen LogP contribution in [0.3, 0.4) is 0 Å². The number of Topliss-reactive ketones (excluding diaryl/α,β-unsaturated/α-hetero) is 1. The highest BCUT2D eigenvalue weighted by atomic mass is 32.2. The monoisotopic (exact) mass is 480 g/mol. The number of ether oxygens (including phenoxy) is 1. The summed E-state index contributed by atoms with van der Waals surface area (Å²) in [6.45, 7) is 5.52. The Bertz CT molecular complexity index is 1270. The molecule has 34 heavy (non-hydrogen) atoms. The molecule has 178 valence electrons.